The van der Waals surface area contributed by atoms with Crippen LogP contribution in [0.5, 0.6) is 0 Å². The molecule has 1 aliphatic rings. The van der Waals surface area contributed by atoms with Gasteiger partial charge in [-0.15, -0.1) is 0 Å². The fourth-order valence-corrected chi connectivity index (χ4v) is 4.94. The van der Waals surface area contributed by atoms with E-state index in [4.69, 9.17) is 0 Å². The first kappa shape index (κ1) is 22.8. The standard InChI is InChI=1S/C15H19Si.3ClH.Ti/c1-16(2,3)15-11-7-10-14(15)12-13-8-5-4-6-9-13;;;;/h4-6,8-9,11H,7,12H2,1-3H3;3*1H;/q;;;;+3/p-3. The molecule has 108 valence electrons. The largest absolute Gasteiger partial charge is 1.00 e. The van der Waals surface area contributed by atoms with Crippen molar-refractivity contribution in [3.05, 3.63) is 56.6 Å². The van der Waals surface area contributed by atoms with E-state index in [0.29, 0.717) is 0 Å². The van der Waals surface area contributed by atoms with Gasteiger partial charge in [-0.2, -0.15) is 0 Å². The maximum atomic E-state index is 2.47. The van der Waals surface area contributed by atoms with Crippen molar-refractivity contribution in [2.75, 3.05) is 0 Å². The predicted molar refractivity (Wildman–Crippen MR) is 73.2 cm³/mol. The summed E-state index contributed by atoms with van der Waals surface area (Å²) in [6, 6.07) is 10.8. The summed E-state index contributed by atoms with van der Waals surface area (Å²) in [5, 5.41) is 1.68. The summed E-state index contributed by atoms with van der Waals surface area (Å²) in [7, 11) is -1.18. The van der Waals surface area contributed by atoms with E-state index >= 15 is 0 Å². The zero-order valence-corrected chi connectivity index (χ0v) is 16.8. The van der Waals surface area contributed by atoms with Gasteiger partial charge in [-0.25, -0.2) is 0 Å². The molecular formula is C15H19Cl3SiTi. The van der Waals surface area contributed by atoms with Crippen LogP contribution in [0.2, 0.25) is 19.6 Å². The minimum atomic E-state index is -1.18. The summed E-state index contributed by atoms with van der Waals surface area (Å²) < 4.78 is 1.58. The maximum absolute atomic E-state index is 2.47. The molecule has 0 radical (unpaired) electrons. The summed E-state index contributed by atoms with van der Waals surface area (Å²) in [6.07, 6.45) is 4.75. The van der Waals surface area contributed by atoms with Crippen LogP contribution in [0.15, 0.2) is 51.1 Å². The van der Waals surface area contributed by atoms with Crippen LogP contribution in [-0.4, -0.2) is 8.07 Å². The molecule has 5 heteroatoms. The van der Waals surface area contributed by atoms with Gasteiger partial charge >= 0.3 is 118 Å². The molecule has 0 aromatic heterocycles. The van der Waals surface area contributed by atoms with E-state index in [-0.39, 0.29) is 37.2 Å². The van der Waals surface area contributed by atoms with Gasteiger partial charge in [0.15, 0.2) is 0 Å². The summed E-state index contributed by atoms with van der Waals surface area (Å²) in [6.45, 7) is 7.34. The molecule has 0 aliphatic heterocycles. The Kier molecular flexibility index (Phi) is 10.8. The number of rotatable bonds is 3. The topological polar surface area (TPSA) is 0 Å². The molecule has 1 aliphatic carbocycles. The van der Waals surface area contributed by atoms with Gasteiger partial charge in [-0.05, 0) is 0 Å². The molecule has 0 fully saturated rings. The van der Waals surface area contributed by atoms with Crippen molar-refractivity contribution in [2.45, 2.75) is 32.5 Å². The molecule has 0 spiro atoms. The van der Waals surface area contributed by atoms with Crippen LogP contribution < -0.4 is 37.2 Å². The second-order valence-electron chi connectivity index (χ2n) is 5.69. The van der Waals surface area contributed by atoms with E-state index in [0.717, 1.165) is 6.42 Å². The van der Waals surface area contributed by atoms with Crippen LogP contribution in [0.4, 0.5) is 0 Å². The van der Waals surface area contributed by atoms with Crippen LogP contribution in [0.25, 0.3) is 0 Å². The van der Waals surface area contributed by atoms with Gasteiger partial charge in [0.25, 0.3) is 0 Å². The van der Waals surface area contributed by atoms with E-state index < -0.39 is 8.07 Å². The number of hydrogen-bond donors (Lipinski definition) is 0. The number of benzene rings is 1. The molecule has 0 saturated heterocycles. The summed E-state index contributed by atoms with van der Waals surface area (Å²) in [5.41, 5.74) is 3.06. The molecule has 20 heavy (non-hydrogen) atoms. The van der Waals surface area contributed by atoms with Crippen LogP contribution in [0, 0.1) is 0 Å². The average Bonchev–Trinajstić information content (AvgIpc) is 2.62. The van der Waals surface area contributed by atoms with Crippen molar-refractivity contribution in [2.24, 2.45) is 0 Å². The van der Waals surface area contributed by atoms with Crippen LogP contribution in [0.1, 0.15) is 12.0 Å². The van der Waals surface area contributed by atoms with Gasteiger partial charge in [-0.1, -0.05) is 0 Å². The molecule has 0 atom stereocenters. The normalized spacial score (nSPS) is 13.9. The van der Waals surface area contributed by atoms with Crippen molar-refractivity contribution in [3.63, 3.8) is 0 Å². The van der Waals surface area contributed by atoms with Gasteiger partial charge in [-0.3, -0.25) is 0 Å². The van der Waals surface area contributed by atoms with E-state index in [9.17, 15) is 0 Å². The molecule has 0 N–H and O–H groups in total. The van der Waals surface area contributed by atoms with Crippen LogP contribution in [-0.2, 0) is 26.9 Å². The SMILES string of the molecule is C[Si](C)(C)C1=CC[C]([Ti+3])=C1Cc1ccccc1.[Cl-].[Cl-].[Cl-]. The molecular weight excluding hydrogens is 362 g/mol. The molecule has 0 amide bonds. The average molecular weight is 382 g/mol. The molecule has 0 bridgehead atoms. The minimum Gasteiger partial charge on any atom is -1.00 e. The molecule has 2 rings (SSSR count). The van der Waals surface area contributed by atoms with Crippen LogP contribution >= 0.6 is 0 Å². The van der Waals surface area contributed by atoms with Gasteiger partial charge in [0.05, 0.1) is 0 Å². The monoisotopic (exact) mass is 380 g/mol. The van der Waals surface area contributed by atoms with E-state index in [1.54, 1.807) is 14.6 Å². The first-order valence-corrected chi connectivity index (χ1v) is 10.4. The van der Waals surface area contributed by atoms with Crippen LogP contribution in [0.3, 0.4) is 0 Å². The van der Waals surface area contributed by atoms with E-state index in [1.807, 2.05) is 0 Å². The molecule has 0 saturated carbocycles. The summed E-state index contributed by atoms with van der Waals surface area (Å²) in [5.74, 6) is 0. The number of allylic oxidation sites excluding steroid dienone is 4. The fourth-order valence-electron chi connectivity index (χ4n) is 2.37. The molecule has 0 heterocycles. The zero-order chi connectivity index (χ0) is 12.5. The zero-order valence-electron chi connectivity index (χ0n) is 12.0. The Hall–Kier alpha value is 0.501. The third kappa shape index (κ3) is 5.71. The Morgan fingerprint density at radius 2 is 1.55 bits per heavy atom. The fraction of sp³-hybridized carbons (Fsp3) is 0.333. The molecule has 1 aromatic carbocycles. The molecule has 0 unspecified atom stereocenters. The smallest absolute Gasteiger partial charge is 1.00 e. The Balaban J connectivity index is 0. The Morgan fingerprint density at radius 1 is 1.00 bits per heavy atom. The minimum absolute atomic E-state index is 0. The third-order valence-corrected chi connectivity index (χ3v) is 6.14. The van der Waals surface area contributed by atoms with E-state index in [2.05, 4.69) is 76.5 Å². The first-order valence-electron chi connectivity index (χ1n) is 6.17. The van der Waals surface area contributed by atoms with Gasteiger partial charge in [0, 0.05) is 0 Å². The van der Waals surface area contributed by atoms with Crippen molar-refractivity contribution in [3.8, 4) is 0 Å². The Bertz CT molecular complexity index is 476. The summed E-state index contributed by atoms with van der Waals surface area (Å²) >= 11 is 2.29. The Labute approximate surface area is 154 Å². The first-order chi connectivity index (χ1) is 7.98. The maximum Gasteiger partial charge on any atom is -1.00 e. The number of halogens is 3. The van der Waals surface area contributed by atoms with Crippen molar-refractivity contribution in [1.29, 1.82) is 0 Å². The third-order valence-electron chi connectivity index (χ3n) is 3.23. The molecule has 0 nitrogen and oxygen atoms in total. The Morgan fingerprint density at radius 3 is 2.05 bits per heavy atom. The quantitative estimate of drug-likeness (QED) is 0.462. The van der Waals surface area contributed by atoms with Crippen molar-refractivity contribution in [1.82, 2.24) is 0 Å². The second-order valence-corrected chi connectivity index (χ2v) is 11.7. The second kappa shape index (κ2) is 9.50. The van der Waals surface area contributed by atoms with Gasteiger partial charge < -0.3 is 37.2 Å². The van der Waals surface area contributed by atoms with Crippen molar-refractivity contribution >= 4 is 8.07 Å². The molecule has 1 aromatic rings. The number of hydrogen-bond acceptors (Lipinski definition) is 0. The summed E-state index contributed by atoms with van der Waals surface area (Å²) in [4.78, 5) is 0. The van der Waals surface area contributed by atoms with Gasteiger partial charge in [0.2, 0.25) is 0 Å². The van der Waals surface area contributed by atoms with Crippen molar-refractivity contribution < 1.29 is 57.7 Å². The van der Waals surface area contributed by atoms with E-state index in [1.165, 1.54) is 12.0 Å². The van der Waals surface area contributed by atoms with Gasteiger partial charge in [0.1, 0.15) is 0 Å². The predicted octanol–water partition coefficient (Wildman–Crippen LogP) is -4.75.